The fourth-order valence-electron chi connectivity index (χ4n) is 2.36. The highest BCUT2D eigenvalue weighted by atomic mass is 32.2. The lowest BCUT2D eigenvalue weighted by molar-refractivity contribution is 0.0664. The zero-order valence-electron chi connectivity index (χ0n) is 12.4. The molecule has 2 heterocycles. The van der Waals surface area contributed by atoms with Crippen LogP contribution in [0, 0.1) is 0 Å². The van der Waals surface area contributed by atoms with Crippen molar-refractivity contribution in [2.45, 2.75) is 0 Å². The van der Waals surface area contributed by atoms with Gasteiger partial charge in [-0.3, -0.25) is 24.0 Å². The summed E-state index contributed by atoms with van der Waals surface area (Å²) in [6.07, 6.45) is 1.22. The van der Waals surface area contributed by atoms with Crippen LogP contribution < -0.4 is 10.3 Å². The summed E-state index contributed by atoms with van der Waals surface area (Å²) in [5, 5.41) is 0. The summed E-state index contributed by atoms with van der Waals surface area (Å²) < 4.78 is 26.4. The van der Waals surface area contributed by atoms with Crippen LogP contribution in [-0.2, 0) is 10.0 Å². The first kappa shape index (κ1) is 15.9. The second kappa shape index (κ2) is 5.93. The number of hydrogen-bond donors (Lipinski definition) is 2. The van der Waals surface area contributed by atoms with Gasteiger partial charge >= 0.3 is 0 Å². The number of nitrogens with one attached hydrogen (secondary N) is 2. The molecule has 1 aromatic heterocycles. The lowest BCUT2D eigenvalue weighted by atomic mass is 10.1. The Bertz CT molecular complexity index is 925. The van der Waals surface area contributed by atoms with Crippen molar-refractivity contribution in [1.82, 2.24) is 9.88 Å². The summed E-state index contributed by atoms with van der Waals surface area (Å²) in [5.41, 5.74) is 0.378. The Labute approximate surface area is 137 Å². The standard InChI is InChI=1S/C15H13N3O5S/c19-13-6-5-10(9-16-13)17-24(22,23)8-7-18-14(20)11-3-1-2-4-12(11)15(18)21/h1-6,9,17H,7-8H2,(H,16,19). The number of aromatic nitrogens is 1. The molecule has 24 heavy (non-hydrogen) atoms. The van der Waals surface area contributed by atoms with Gasteiger partial charge in [0.25, 0.3) is 11.8 Å². The fraction of sp³-hybridized carbons (Fsp3) is 0.133. The van der Waals surface area contributed by atoms with Gasteiger partial charge < -0.3 is 4.98 Å². The number of aromatic amines is 1. The van der Waals surface area contributed by atoms with Crippen LogP contribution in [0.2, 0.25) is 0 Å². The van der Waals surface area contributed by atoms with Gasteiger partial charge in [0, 0.05) is 18.8 Å². The van der Waals surface area contributed by atoms with Crippen molar-refractivity contribution >= 4 is 27.5 Å². The fourth-order valence-corrected chi connectivity index (χ4v) is 3.37. The molecule has 0 saturated carbocycles. The van der Waals surface area contributed by atoms with E-state index in [1.165, 1.54) is 30.5 Å². The largest absolute Gasteiger partial charge is 0.327 e. The van der Waals surface area contributed by atoms with Crippen molar-refractivity contribution in [3.05, 3.63) is 64.1 Å². The van der Waals surface area contributed by atoms with E-state index in [0.717, 1.165) is 4.90 Å². The molecule has 2 aromatic rings. The number of nitrogens with zero attached hydrogens (tertiary/aromatic N) is 1. The van der Waals surface area contributed by atoms with Crippen molar-refractivity contribution in [3.63, 3.8) is 0 Å². The van der Waals surface area contributed by atoms with E-state index in [2.05, 4.69) is 9.71 Å². The number of amides is 2. The van der Waals surface area contributed by atoms with Crippen molar-refractivity contribution in [1.29, 1.82) is 0 Å². The second-order valence-corrected chi connectivity index (χ2v) is 7.01. The van der Waals surface area contributed by atoms with Crippen LogP contribution in [0.4, 0.5) is 5.69 Å². The molecule has 1 aliphatic heterocycles. The molecule has 0 spiro atoms. The Kier molecular flexibility index (Phi) is 3.94. The van der Waals surface area contributed by atoms with E-state index in [1.54, 1.807) is 12.1 Å². The minimum absolute atomic E-state index is 0.192. The molecule has 0 aliphatic carbocycles. The van der Waals surface area contributed by atoms with Gasteiger partial charge in [0.05, 0.1) is 22.6 Å². The predicted molar refractivity (Wildman–Crippen MR) is 86.3 cm³/mol. The van der Waals surface area contributed by atoms with Crippen molar-refractivity contribution < 1.29 is 18.0 Å². The van der Waals surface area contributed by atoms with E-state index in [9.17, 15) is 22.8 Å². The Morgan fingerprint density at radius 2 is 1.58 bits per heavy atom. The Morgan fingerprint density at radius 3 is 2.12 bits per heavy atom. The third-order valence-corrected chi connectivity index (χ3v) is 4.79. The molecule has 0 fully saturated rings. The average molecular weight is 347 g/mol. The highest BCUT2D eigenvalue weighted by molar-refractivity contribution is 7.92. The molecular formula is C15H13N3O5S. The lowest BCUT2D eigenvalue weighted by Gasteiger charge is -2.14. The van der Waals surface area contributed by atoms with E-state index >= 15 is 0 Å². The van der Waals surface area contributed by atoms with Crippen LogP contribution >= 0.6 is 0 Å². The summed E-state index contributed by atoms with van der Waals surface area (Å²) >= 11 is 0. The maximum absolute atomic E-state index is 12.2. The lowest BCUT2D eigenvalue weighted by Crippen LogP contribution is -2.35. The number of carbonyl (C=O) groups excluding carboxylic acids is 2. The first-order valence-electron chi connectivity index (χ1n) is 7.02. The number of fused-ring (bicyclic) bond motifs is 1. The number of rotatable bonds is 5. The van der Waals surface area contributed by atoms with Crippen LogP contribution in [0.5, 0.6) is 0 Å². The maximum Gasteiger partial charge on any atom is 0.261 e. The molecule has 0 saturated heterocycles. The van der Waals surface area contributed by atoms with Crippen LogP contribution in [0.1, 0.15) is 20.7 Å². The van der Waals surface area contributed by atoms with Crippen molar-refractivity contribution in [2.24, 2.45) is 0 Å². The molecule has 0 radical (unpaired) electrons. The number of benzene rings is 1. The Morgan fingerprint density at radius 1 is 0.958 bits per heavy atom. The minimum Gasteiger partial charge on any atom is -0.327 e. The summed E-state index contributed by atoms with van der Waals surface area (Å²) in [4.78, 5) is 38.6. The van der Waals surface area contributed by atoms with Gasteiger partial charge in [-0.1, -0.05) is 12.1 Å². The number of carbonyl (C=O) groups is 2. The van der Waals surface area contributed by atoms with Gasteiger partial charge in [0.1, 0.15) is 0 Å². The zero-order valence-corrected chi connectivity index (χ0v) is 13.2. The van der Waals surface area contributed by atoms with E-state index in [0.29, 0.717) is 0 Å². The normalized spacial score (nSPS) is 13.9. The van der Waals surface area contributed by atoms with E-state index in [4.69, 9.17) is 0 Å². The molecule has 8 nitrogen and oxygen atoms in total. The number of hydrogen-bond acceptors (Lipinski definition) is 5. The number of H-pyrrole nitrogens is 1. The molecule has 2 amide bonds. The molecule has 1 aromatic carbocycles. The van der Waals surface area contributed by atoms with Crippen LogP contribution in [0.15, 0.2) is 47.4 Å². The van der Waals surface area contributed by atoms with Gasteiger partial charge in [-0.15, -0.1) is 0 Å². The highest BCUT2D eigenvalue weighted by Crippen LogP contribution is 2.22. The van der Waals surface area contributed by atoms with E-state index in [1.807, 2.05) is 0 Å². The van der Waals surface area contributed by atoms with Gasteiger partial charge in [0.2, 0.25) is 15.6 Å². The van der Waals surface area contributed by atoms with Crippen LogP contribution in [0.25, 0.3) is 0 Å². The zero-order chi connectivity index (χ0) is 17.3. The van der Waals surface area contributed by atoms with Crippen LogP contribution in [-0.4, -0.2) is 42.4 Å². The molecule has 0 unspecified atom stereocenters. The summed E-state index contributed by atoms with van der Waals surface area (Å²) in [6, 6.07) is 8.84. The molecule has 0 bridgehead atoms. The first-order valence-corrected chi connectivity index (χ1v) is 8.67. The first-order chi connectivity index (χ1) is 11.4. The molecule has 3 rings (SSSR count). The van der Waals surface area contributed by atoms with Gasteiger partial charge in [-0.05, 0) is 18.2 Å². The summed E-state index contributed by atoms with van der Waals surface area (Å²) in [7, 11) is -3.79. The monoisotopic (exact) mass is 347 g/mol. The van der Waals surface area contributed by atoms with E-state index < -0.39 is 27.6 Å². The molecule has 2 N–H and O–H groups in total. The highest BCUT2D eigenvalue weighted by Gasteiger charge is 2.35. The molecule has 9 heteroatoms. The number of imide groups is 1. The summed E-state index contributed by atoms with van der Waals surface area (Å²) in [6.45, 7) is -0.259. The Hall–Kier alpha value is -2.94. The van der Waals surface area contributed by atoms with Gasteiger partial charge in [-0.2, -0.15) is 0 Å². The topological polar surface area (TPSA) is 116 Å². The van der Waals surface area contributed by atoms with Crippen molar-refractivity contribution in [3.8, 4) is 0 Å². The quantitative estimate of drug-likeness (QED) is 0.760. The summed E-state index contributed by atoms with van der Waals surface area (Å²) in [5.74, 6) is -1.46. The SMILES string of the molecule is O=C1c2ccccc2C(=O)N1CCS(=O)(=O)Nc1ccc(=O)[nH]c1. The van der Waals surface area contributed by atoms with Gasteiger partial charge in [-0.25, -0.2) is 8.42 Å². The minimum atomic E-state index is -3.79. The van der Waals surface area contributed by atoms with E-state index in [-0.39, 0.29) is 28.9 Å². The number of pyridine rings is 1. The molecular weight excluding hydrogens is 334 g/mol. The number of anilines is 1. The maximum atomic E-state index is 12.2. The molecule has 1 aliphatic rings. The predicted octanol–water partition coefficient (Wildman–Crippen LogP) is 0.413. The van der Waals surface area contributed by atoms with Crippen LogP contribution in [0.3, 0.4) is 0 Å². The average Bonchev–Trinajstić information content (AvgIpc) is 2.79. The Balaban J connectivity index is 1.69. The third-order valence-electron chi connectivity index (χ3n) is 3.52. The van der Waals surface area contributed by atoms with Crippen molar-refractivity contribution in [2.75, 3.05) is 17.0 Å². The number of sulfonamides is 1. The third kappa shape index (κ3) is 3.06. The molecule has 0 atom stereocenters. The van der Waals surface area contributed by atoms with Gasteiger partial charge in [0.15, 0.2) is 0 Å². The molecule has 124 valence electrons. The smallest absolute Gasteiger partial charge is 0.261 e. The second-order valence-electron chi connectivity index (χ2n) is 5.17.